The van der Waals surface area contributed by atoms with Crippen molar-refractivity contribution in [3.8, 4) is 0 Å². The monoisotopic (exact) mass is 650 g/mol. The van der Waals surface area contributed by atoms with Crippen LogP contribution in [0.15, 0.2) is 48.8 Å². The Labute approximate surface area is 255 Å². The van der Waals surface area contributed by atoms with Crippen molar-refractivity contribution in [3.05, 3.63) is 64.8 Å². The summed E-state index contributed by atoms with van der Waals surface area (Å²) in [6.45, 7) is -0.295. The number of amides is 3. The fourth-order valence-electron chi connectivity index (χ4n) is 5.92. The van der Waals surface area contributed by atoms with Crippen molar-refractivity contribution in [3.63, 3.8) is 0 Å². The van der Waals surface area contributed by atoms with Gasteiger partial charge in [0.15, 0.2) is 0 Å². The number of halogens is 2. The van der Waals surface area contributed by atoms with Crippen molar-refractivity contribution in [1.82, 2.24) is 20.5 Å². The standard InChI is InChI=1S/C29H33F2N4O7PS/c30-29(31,43(40,41)42)19-7-10-24-18(13-19)14-25(44-24)27(38)34-22-6-2-1-5-21-8-9-23(35(21)28(22)39)26(37)33-20(16-36)12-17-4-3-11-32-15-17/h3-4,7,10-11,13-15,20-23,36H,1-2,5-6,8-9,12,16H2,(H,33,37)(H,34,38)(H2,40,41,42)/t20-,21-,22-,23-/m0/s1. The van der Waals surface area contributed by atoms with E-state index >= 15 is 0 Å². The molecular formula is C29H33F2N4O7PS. The third-order valence-electron chi connectivity index (χ3n) is 8.17. The first kappa shape index (κ1) is 32.1. The lowest BCUT2D eigenvalue weighted by atomic mass is 9.99. The number of nitrogens with one attached hydrogen (secondary N) is 2. The Morgan fingerprint density at radius 2 is 1.91 bits per heavy atom. The molecule has 3 amide bonds. The summed E-state index contributed by atoms with van der Waals surface area (Å²) in [5.41, 5.74) is -4.41. The highest BCUT2D eigenvalue weighted by Gasteiger charge is 2.50. The van der Waals surface area contributed by atoms with Crippen LogP contribution in [0.25, 0.3) is 10.1 Å². The van der Waals surface area contributed by atoms with Crippen LogP contribution >= 0.6 is 18.9 Å². The molecule has 0 saturated carbocycles. The van der Waals surface area contributed by atoms with E-state index in [9.17, 15) is 32.8 Å². The van der Waals surface area contributed by atoms with Gasteiger partial charge in [-0.15, -0.1) is 11.3 Å². The highest BCUT2D eigenvalue weighted by Crippen LogP contribution is 2.59. The quantitative estimate of drug-likeness (QED) is 0.220. The lowest BCUT2D eigenvalue weighted by Crippen LogP contribution is -2.57. The van der Waals surface area contributed by atoms with E-state index in [1.54, 1.807) is 23.4 Å². The van der Waals surface area contributed by atoms with Crippen molar-refractivity contribution < 1.29 is 42.6 Å². The average molecular weight is 651 g/mol. The lowest BCUT2D eigenvalue weighted by Gasteiger charge is -2.35. The minimum atomic E-state index is -5.76. The lowest BCUT2D eigenvalue weighted by molar-refractivity contribution is -0.143. The Hall–Kier alpha value is -3.29. The van der Waals surface area contributed by atoms with Gasteiger partial charge in [0.2, 0.25) is 11.8 Å². The topological polar surface area (TPSA) is 169 Å². The highest BCUT2D eigenvalue weighted by atomic mass is 32.1. The molecule has 5 N–H and O–H groups in total. The third-order valence-corrected chi connectivity index (χ3v) is 10.3. The summed E-state index contributed by atoms with van der Waals surface area (Å²) < 4.78 is 40.2. The van der Waals surface area contributed by atoms with E-state index < -0.39 is 42.9 Å². The summed E-state index contributed by atoms with van der Waals surface area (Å²) in [6.07, 6.45) is 7.30. The van der Waals surface area contributed by atoms with Crippen molar-refractivity contribution in [1.29, 1.82) is 0 Å². The fourth-order valence-corrected chi connectivity index (χ4v) is 7.35. The number of carbonyl (C=O) groups excluding carboxylic acids is 3. The van der Waals surface area contributed by atoms with Crippen molar-refractivity contribution in [2.24, 2.45) is 0 Å². The average Bonchev–Trinajstić information content (AvgIpc) is 3.61. The van der Waals surface area contributed by atoms with Gasteiger partial charge in [-0.25, -0.2) is 0 Å². The molecule has 2 saturated heterocycles. The molecule has 2 fully saturated rings. The maximum Gasteiger partial charge on any atom is 0.399 e. The van der Waals surface area contributed by atoms with E-state index in [0.717, 1.165) is 41.9 Å². The first-order chi connectivity index (χ1) is 20.9. The Morgan fingerprint density at radius 3 is 2.61 bits per heavy atom. The Kier molecular flexibility index (Phi) is 9.47. The molecule has 0 aliphatic carbocycles. The minimum absolute atomic E-state index is 0.139. The van der Waals surface area contributed by atoms with E-state index in [0.29, 0.717) is 36.8 Å². The van der Waals surface area contributed by atoms with Crippen LogP contribution in [-0.4, -0.2) is 73.3 Å². The molecule has 236 valence electrons. The van der Waals surface area contributed by atoms with Gasteiger partial charge in [-0.1, -0.05) is 25.0 Å². The number of aromatic nitrogens is 1. The summed E-state index contributed by atoms with van der Waals surface area (Å²) >= 11 is 0.998. The number of hydrogen-bond acceptors (Lipinski definition) is 7. The first-order valence-corrected chi connectivity index (χ1v) is 16.7. The number of aliphatic hydroxyl groups is 1. The maximum absolute atomic E-state index is 14.2. The van der Waals surface area contributed by atoms with Crippen LogP contribution in [0.2, 0.25) is 0 Å². The third kappa shape index (κ3) is 6.69. The summed E-state index contributed by atoms with van der Waals surface area (Å²) in [5, 5.41) is 15.7. The number of hydrogen-bond donors (Lipinski definition) is 5. The number of pyridine rings is 1. The molecule has 44 heavy (non-hydrogen) atoms. The molecule has 2 aliphatic heterocycles. The second kappa shape index (κ2) is 13.0. The zero-order valence-corrected chi connectivity index (χ0v) is 25.3. The van der Waals surface area contributed by atoms with Gasteiger partial charge in [0.05, 0.1) is 17.5 Å². The molecule has 11 nitrogen and oxygen atoms in total. The molecule has 2 aromatic heterocycles. The number of alkyl halides is 2. The molecule has 0 bridgehead atoms. The van der Waals surface area contributed by atoms with Crippen LogP contribution in [0.4, 0.5) is 8.78 Å². The van der Waals surface area contributed by atoms with Gasteiger partial charge in [0.1, 0.15) is 12.1 Å². The Balaban J connectivity index is 1.30. The van der Waals surface area contributed by atoms with E-state index in [1.165, 1.54) is 12.1 Å². The molecule has 1 aromatic carbocycles. The first-order valence-electron chi connectivity index (χ1n) is 14.3. The second-order valence-corrected chi connectivity index (χ2v) is 13.9. The number of benzene rings is 1. The fraction of sp³-hybridized carbons (Fsp3) is 0.448. The number of thiophene rings is 1. The van der Waals surface area contributed by atoms with Gasteiger partial charge in [-0.3, -0.25) is 23.9 Å². The van der Waals surface area contributed by atoms with Crippen molar-refractivity contribution in [2.75, 3.05) is 6.61 Å². The SMILES string of the molecule is O=C(N[C@H]1CCCC[C@H]2CC[C@@H](C(=O)N[C@H](CO)Cc3cccnc3)N2C1=O)c1cc2cc(C(F)(F)P(=O)(O)O)ccc2s1. The summed E-state index contributed by atoms with van der Waals surface area (Å²) in [6, 6.07) is 5.66. The largest absolute Gasteiger partial charge is 0.399 e. The van der Waals surface area contributed by atoms with E-state index in [4.69, 9.17) is 9.79 Å². The smallest absolute Gasteiger partial charge is 0.394 e. The van der Waals surface area contributed by atoms with Gasteiger partial charge < -0.3 is 30.4 Å². The normalized spacial score (nSPS) is 21.8. The van der Waals surface area contributed by atoms with Gasteiger partial charge in [-0.05, 0) is 67.3 Å². The van der Waals surface area contributed by atoms with Gasteiger partial charge >= 0.3 is 13.3 Å². The molecule has 0 radical (unpaired) electrons. The van der Waals surface area contributed by atoms with E-state index in [1.807, 2.05) is 6.07 Å². The van der Waals surface area contributed by atoms with Crippen LogP contribution in [0, 0.1) is 0 Å². The number of fused-ring (bicyclic) bond motifs is 2. The summed E-state index contributed by atoms with van der Waals surface area (Å²) in [5.74, 6) is -1.35. The van der Waals surface area contributed by atoms with Crippen LogP contribution in [0.3, 0.4) is 0 Å². The number of aliphatic hydroxyl groups excluding tert-OH is 1. The van der Waals surface area contributed by atoms with Gasteiger partial charge in [0.25, 0.3) is 5.91 Å². The molecule has 5 rings (SSSR count). The van der Waals surface area contributed by atoms with E-state index in [-0.39, 0.29) is 34.7 Å². The van der Waals surface area contributed by atoms with Crippen LogP contribution < -0.4 is 10.6 Å². The predicted molar refractivity (Wildman–Crippen MR) is 158 cm³/mol. The van der Waals surface area contributed by atoms with Crippen molar-refractivity contribution >= 4 is 46.7 Å². The van der Waals surface area contributed by atoms with Crippen LogP contribution in [0.5, 0.6) is 0 Å². The molecule has 15 heteroatoms. The molecule has 0 unspecified atom stereocenters. The minimum Gasteiger partial charge on any atom is -0.394 e. The summed E-state index contributed by atoms with van der Waals surface area (Å²) in [7, 11) is -5.76. The maximum atomic E-state index is 14.2. The van der Waals surface area contributed by atoms with E-state index in [2.05, 4.69) is 15.6 Å². The molecule has 0 spiro atoms. The molecular weight excluding hydrogens is 617 g/mol. The molecule has 3 aromatic rings. The second-order valence-electron chi connectivity index (χ2n) is 11.2. The zero-order chi connectivity index (χ0) is 31.6. The van der Waals surface area contributed by atoms with Crippen LogP contribution in [-0.2, 0) is 26.2 Å². The van der Waals surface area contributed by atoms with Gasteiger partial charge in [0, 0.05) is 28.7 Å². The molecule has 2 aliphatic rings. The molecule has 4 atom stereocenters. The number of nitrogens with zero attached hydrogens (tertiary/aromatic N) is 2. The van der Waals surface area contributed by atoms with Crippen molar-refractivity contribution in [2.45, 2.75) is 74.8 Å². The zero-order valence-electron chi connectivity index (χ0n) is 23.6. The van der Waals surface area contributed by atoms with Gasteiger partial charge in [-0.2, -0.15) is 8.78 Å². The predicted octanol–water partition coefficient (Wildman–Crippen LogP) is 3.28. The number of carbonyl (C=O) groups is 3. The Bertz CT molecular complexity index is 1580. The molecule has 4 heterocycles. The Morgan fingerprint density at radius 1 is 1.14 bits per heavy atom. The highest BCUT2D eigenvalue weighted by molar-refractivity contribution is 7.52. The summed E-state index contributed by atoms with van der Waals surface area (Å²) in [4.78, 5) is 64.4. The van der Waals surface area contributed by atoms with Crippen LogP contribution in [0.1, 0.15) is 59.3 Å². The number of rotatable bonds is 9.